The molecule has 1 saturated carbocycles. The first kappa shape index (κ1) is 11.7. The van der Waals surface area contributed by atoms with Gasteiger partial charge in [-0.25, -0.2) is 4.98 Å². The van der Waals surface area contributed by atoms with E-state index in [4.69, 9.17) is 5.73 Å². The molecule has 4 heteroatoms. The van der Waals surface area contributed by atoms with Crippen LogP contribution in [0.15, 0.2) is 35.8 Å². The molecular weight excluding hydrogens is 242 g/mol. The van der Waals surface area contributed by atoms with E-state index in [-0.39, 0.29) is 0 Å². The van der Waals surface area contributed by atoms with Crippen molar-refractivity contribution < 1.29 is 0 Å². The van der Waals surface area contributed by atoms with Crippen LogP contribution in [0.2, 0.25) is 0 Å². The van der Waals surface area contributed by atoms with Crippen molar-refractivity contribution in [2.45, 2.75) is 32.0 Å². The highest BCUT2D eigenvalue weighted by Gasteiger charge is 2.29. The summed E-state index contributed by atoms with van der Waals surface area (Å²) in [7, 11) is 0. The molecule has 2 aromatic heterocycles. The second-order valence-corrected chi connectivity index (χ2v) is 5.80. The monoisotopic (exact) mass is 259 g/mol. The Balaban J connectivity index is 1.73. The van der Waals surface area contributed by atoms with E-state index in [2.05, 4.69) is 33.5 Å². The van der Waals surface area contributed by atoms with Gasteiger partial charge in [0.2, 0.25) is 0 Å². The number of thiophene rings is 1. The topological polar surface area (TPSA) is 42.1 Å². The molecule has 1 fully saturated rings. The van der Waals surface area contributed by atoms with E-state index in [1.807, 2.05) is 17.4 Å². The zero-order valence-corrected chi connectivity index (χ0v) is 11.1. The Morgan fingerprint density at radius 3 is 2.83 bits per heavy atom. The molecule has 2 heterocycles. The molecule has 0 aliphatic heterocycles. The molecule has 1 aliphatic carbocycles. The van der Waals surface area contributed by atoms with Gasteiger partial charge in [0.25, 0.3) is 0 Å². The minimum Gasteiger partial charge on any atom is -0.383 e. The van der Waals surface area contributed by atoms with Crippen molar-refractivity contribution in [3.63, 3.8) is 0 Å². The van der Waals surface area contributed by atoms with Gasteiger partial charge in [-0.05, 0) is 30.4 Å². The summed E-state index contributed by atoms with van der Waals surface area (Å²) >= 11 is 1.82. The highest BCUT2D eigenvalue weighted by molar-refractivity contribution is 7.09. The first-order valence-corrected chi connectivity index (χ1v) is 7.16. The lowest BCUT2D eigenvalue weighted by Crippen LogP contribution is -2.25. The van der Waals surface area contributed by atoms with Gasteiger partial charge in [-0.15, -0.1) is 11.3 Å². The first-order chi connectivity index (χ1) is 8.83. The third-order valence-corrected chi connectivity index (χ3v) is 4.16. The average molecular weight is 259 g/mol. The molecule has 0 unspecified atom stereocenters. The number of aromatic nitrogens is 1. The Hall–Kier alpha value is -1.39. The van der Waals surface area contributed by atoms with Crippen LogP contribution < -0.4 is 5.73 Å². The Labute approximate surface area is 111 Å². The maximum atomic E-state index is 5.93. The second kappa shape index (κ2) is 5.08. The lowest BCUT2D eigenvalue weighted by atomic mass is 10.2. The van der Waals surface area contributed by atoms with Crippen LogP contribution in [-0.4, -0.2) is 15.9 Å². The summed E-state index contributed by atoms with van der Waals surface area (Å²) in [5, 5.41) is 2.14. The van der Waals surface area contributed by atoms with Gasteiger partial charge in [-0.3, -0.25) is 4.90 Å². The van der Waals surface area contributed by atoms with E-state index in [0.717, 1.165) is 24.7 Å². The van der Waals surface area contributed by atoms with Crippen LogP contribution in [0.3, 0.4) is 0 Å². The van der Waals surface area contributed by atoms with E-state index < -0.39 is 0 Å². The van der Waals surface area contributed by atoms with E-state index in [0.29, 0.717) is 5.82 Å². The van der Waals surface area contributed by atoms with E-state index in [9.17, 15) is 0 Å². The van der Waals surface area contributed by atoms with Crippen LogP contribution in [0.5, 0.6) is 0 Å². The van der Waals surface area contributed by atoms with Crippen LogP contribution in [0, 0.1) is 0 Å². The number of hydrogen-bond donors (Lipinski definition) is 1. The third-order valence-electron chi connectivity index (χ3n) is 3.30. The predicted octanol–water partition coefficient (Wildman–Crippen LogP) is 2.89. The summed E-state index contributed by atoms with van der Waals surface area (Å²) in [6.45, 7) is 1.93. The van der Waals surface area contributed by atoms with Crippen LogP contribution in [0.4, 0.5) is 5.82 Å². The largest absolute Gasteiger partial charge is 0.383 e. The smallest absolute Gasteiger partial charge is 0.127 e. The molecule has 1 aliphatic rings. The molecule has 0 spiro atoms. The van der Waals surface area contributed by atoms with Gasteiger partial charge in [-0.1, -0.05) is 12.1 Å². The van der Waals surface area contributed by atoms with Gasteiger partial charge in [-0.2, -0.15) is 0 Å². The fraction of sp³-hybridized carbons (Fsp3) is 0.357. The van der Waals surface area contributed by atoms with Crippen molar-refractivity contribution in [1.82, 2.24) is 9.88 Å². The van der Waals surface area contributed by atoms with Crippen molar-refractivity contribution in [3.8, 4) is 0 Å². The Kier molecular flexibility index (Phi) is 3.30. The normalized spacial score (nSPS) is 15.2. The Morgan fingerprint density at radius 2 is 2.17 bits per heavy atom. The highest BCUT2D eigenvalue weighted by atomic mass is 32.1. The fourth-order valence-electron chi connectivity index (χ4n) is 2.16. The lowest BCUT2D eigenvalue weighted by Gasteiger charge is -2.21. The number of nitrogens with two attached hydrogens (primary N) is 1. The molecule has 0 amide bonds. The zero-order chi connectivity index (χ0) is 12.4. The summed E-state index contributed by atoms with van der Waals surface area (Å²) in [5.74, 6) is 0.661. The Bertz CT molecular complexity index is 506. The molecule has 0 bridgehead atoms. The standard InChI is InChI=1S/C14H17N3S/c15-14-11(3-1-7-16-14)9-17(12-5-6-12)10-13-4-2-8-18-13/h1-4,7-8,12H,5-6,9-10H2,(H2,15,16). The summed E-state index contributed by atoms with van der Waals surface area (Å²) in [6.07, 6.45) is 4.37. The molecule has 0 radical (unpaired) electrons. The van der Waals surface area contributed by atoms with Crippen LogP contribution in [-0.2, 0) is 13.1 Å². The maximum absolute atomic E-state index is 5.93. The number of nitrogens with zero attached hydrogens (tertiary/aromatic N) is 2. The molecule has 3 nitrogen and oxygen atoms in total. The summed E-state index contributed by atoms with van der Waals surface area (Å²) in [6, 6.07) is 9.08. The molecular formula is C14H17N3S. The van der Waals surface area contributed by atoms with Crippen LogP contribution >= 0.6 is 11.3 Å². The fourth-order valence-corrected chi connectivity index (χ4v) is 2.89. The van der Waals surface area contributed by atoms with Crippen molar-refractivity contribution in [2.24, 2.45) is 0 Å². The van der Waals surface area contributed by atoms with E-state index in [1.165, 1.54) is 17.7 Å². The molecule has 94 valence electrons. The summed E-state index contributed by atoms with van der Waals surface area (Å²) in [5.41, 5.74) is 7.07. The molecule has 3 rings (SSSR count). The first-order valence-electron chi connectivity index (χ1n) is 6.29. The molecule has 0 atom stereocenters. The minimum atomic E-state index is 0.661. The van der Waals surface area contributed by atoms with E-state index >= 15 is 0 Å². The average Bonchev–Trinajstić information content (AvgIpc) is 3.10. The van der Waals surface area contributed by atoms with Crippen LogP contribution in [0.25, 0.3) is 0 Å². The van der Waals surface area contributed by atoms with Crippen molar-refractivity contribution >= 4 is 17.2 Å². The summed E-state index contributed by atoms with van der Waals surface area (Å²) < 4.78 is 0. The van der Waals surface area contributed by atoms with Gasteiger partial charge in [0.1, 0.15) is 5.82 Å². The number of nitrogen functional groups attached to an aromatic ring is 1. The lowest BCUT2D eigenvalue weighted by molar-refractivity contribution is 0.248. The number of pyridine rings is 1. The highest BCUT2D eigenvalue weighted by Crippen LogP contribution is 2.31. The van der Waals surface area contributed by atoms with Crippen LogP contribution in [0.1, 0.15) is 23.3 Å². The van der Waals surface area contributed by atoms with Crippen molar-refractivity contribution in [2.75, 3.05) is 5.73 Å². The summed E-state index contributed by atoms with van der Waals surface area (Å²) in [4.78, 5) is 8.10. The second-order valence-electron chi connectivity index (χ2n) is 4.76. The molecule has 2 N–H and O–H groups in total. The van der Waals surface area contributed by atoms with Gasteiger partial charge < -0.3 is 5.73 Å². The predicted molar refractivity (Wildman–Crippen MR) is 75.2 cm³/mol. The zero-order valence-electron chi connectivity index (χ0n) is 10.2. The van der Waals surface area contributed by atoms with Crippen molar-refractivity contribution in [1.29, 1.82) is 0 Å². The molecule has 2 aromatic rings. The van der Waals surface area contributed by atoms with Gasteiger partial charge >= 0.3 is 0 Å². The van der Waals surface area contributed by atoms with Crippen molar-refractivity contribution in [3.05, 3.63) is 46.3 Å². The molecule has 0 saturated heterocycles. The van der Waals surface area contributed by atoms with Gasteiger partial charge in [0, 0.05) is 35.8 Å². The molecule has 0 aromatic carbocycles. The van der Waals surface area contributed by atoms with E-state index in [1.54, 1.807) is 6.20 Å². The quantitative estimate of drug-likeness (QED) is 0.897. The number of hydrogen-bond acceptors (Lipinski definition) is 4. The third kappa shape index (κ3) is 2.71. The SMILES string of the molecule is Nc1ncccc1CN(Cc1cccs1)C1CC1. The van der Waals surface area contributed by atoms with Gasteiger partial charge in [0.15, 0.2) is 0 Å². The Morgan fingerprint density at radius 1 is 1.28 bits per heavy atom. The maximum Gasteiger partial charge on any atom is 0.127 e. The number of rotatable bonds is 5. The minimum absolute atomic E-state index is 0.661. The van der Waals surface area contributed by atoms with Gasteiger partial charge in [0.05, 0.1) is 0 Å². The molecule has 18 heavy (non-hydrogen) atoms. The number of anilines is 1.